The molecule has 0 N–H and O–H groups in total. The zero-order chi connectivity index (χ0) is 17.7. The minimum Gasteiger partial charge on any atom is -0.454 e. The van der Waals surface area contributed by atoms with Crippen molar-refractivity contribution < 1.29 is 4.12 Å². The molecule has 0 amide bonds. The number of benzene rings is 2. The van der Waals surface area contributed by atoms with Crippen molar-refractivity contribution in [2.45, 2.75) is 37.3 Å². The molecule has 0 saturated carbocycles. The molecule has 0 spiro atoms. The largest absolute Gasteiger partial charge is 0.454 e. The molecular formula is C22H26OSi2. The summed E-state index contributed by atoms with van der Waals surface area (Å²) in [4.78, 5) is 0. The first kappa shape index (κ1) is 16.8. The van der Waals surface area contributed by atoms with E-state index in [1.54, 1.807) is 0 Å². The number of hydrogen-bond acceptors (Lipinski definition) is 1. The van der Waals surface area contributed by atoms with Crippen molar-refractivity contribution in [1.82, 2.24) is 0 Å². The Bertz CT molecular complexity index is 792. The highest BCUT2D eigenvalue weighted by Crippen LogP contribution is 2.43. The molecule has 2 aromatic carbocycles. The molecule has 2 aliphatic carbocycles. The van der Waals surface area contributed by atoms with Crippen molar-refractivity contribution in [2.75, 3.05) is 0 Å². The van der Waals surface area contributed by atoms with Crippen LogP contribution in [0, 0.1) is 0 Å². The third-order valence-corrected chi connectivity index (χ3v) is 13.8. The normalized spacial score (nSPS) is 21.4. The average molecular weight is 363 g/mol. The average Bonchev–Trinajstić information content (AvgIpc) is 3.18. The molecule has 0 aliphatic heterocycles. The molecule has 4 rings (SSSR count). The minimum atomic E-state index is -1.90. The van der Waals surface area contributed by atoms with Gasteiger partial charge in [-0.1, -0.05) is 72.8 Å². The maximum absolute atomic E-state index is 7.08. The Morgan fingerprint density at radius 2 is 1.04 bits per heavy atom. The van der Waals surface area contributed by atoms with Gasteiger partial charge in [0.25, 0.3) is 0 Å². The third-order valence-electron chi connectivity index (χ3n) is 5.62. The number of allylic oxidation sites excluding steroid dienone is 2. The zero-order valence-corrected chi connectivity index (χ0v) is 17.5. The van der Waals surface area contributed by atoms with Gasteiger partial charge < -0.3 is 4.12 Å². The van der Waals surface area contributed by atoms with Gasteiger partial charge in [0, 0.05) is 11.1 Å². The summed E-state index contributed by atoms with van der Waals surface area (Å²) in [6, 6.07) is 17.5. The van der Waals surface area contributed by atoms with Crippen molar-refractivity contribution in [3.63, 3.8) is 0 Å². The molecule has 1 nitrogen and oxygen atoms in total. The minimum absolute atomic E-state index is 0.455. The van der Waals surface area contributed by atoms with Crippen molar-refractivity contribution >= 4 is 28.8 Å². The van der Waals surface area contributed by atoms with Crippen LogP contribution in [0.1, 0.15) is 33.3 Å². The summed E-state index contributed by atoms with van der Waals surface area (Å²) in [5.74, 6) is 0. The van der Waals surface area contributed by atoms with E-state index < -0.39 is 16.6 Å². The number of hydrogen-bond donors (Lipinski definition) is 0. The van der Waals surface area contributed by atoms with Crippen LogP contribution in [0.5, 0.6) is 0 Å². The van der Waals surface area contributed by atoms with Crippen LogP contribution in [0.4, 0.5) is 0 Å². The monoisotopic (exact) mass is 362 g/mol. The lowest BCUT2D eigenvalue weighted by molar-refractivity contribution is 0.523. The molecule has 2 aliphatic rings. The second kappa shape index (κ2) is 5.94. The van der Waals surface area contributed by atoms with Crippen molar-refractivity contribution in [3.05, 3.63) is 82.9 Å². The molecule has 128 valence electrons. The lowest BCUT2D eigenvalue weighted by atomic mass is 10.1. The van der Waals surface area contributed by atoms with Crippen LogP contribution in [-0.2, 0) is 4.12 Å². The Hall–Kier alpha value is -1.69. The van der Waals surface area contributed by atoms with E-state index >= 15 is 0 Å². The van der Waals surface area contributed by atoms with Gasteiger partial charge in [-0.2, -0.15) is 0 Å². The van der Waals surface area contributed by atoms with Gasteiger partial charge in [0.15, 0.2) is 16.6 Å². The molecule has 0 heterocycles. The van der Waals surface area contributed by atoms with Gasteiger partial charge in [0.1, 0.15) is 0 Å². The molecule has 0 fully saturated rings. The second-order valence-electron chi connectivity index (χ2n) is 8.24. The standard InChI is InChI=1S/C22H26OSi2/c1-24(2,21-15-13-17-9-5-7-11-19(17)21)23-25(3,4)22-16-14-18-10-6-8-12-20(18)22/h5-16,21-22H,1-4H3/t21-,22-/m1/s1. The Kier molecular flexibility index (Phi) is 3.98. The molecule has 2 atom stereocenters. The zero-order valence-electron chi connectivity index (χ0n) is 15.5. The number of fused-ring (bicyclic) bond motifs is 2. The van der Waals surface area contributed by atoms with E-state index in [4.69, 9.17) is 4.12 Å². The first-order chi connectivity index (χ1) is 11.9. The van der Waals surface area contributed by atoms with Crippen molar-refractivity contribution in [3.8, 4) is 0 Å². The van der Waals surface area contributed by atoms with Crippen LogP contribution in [-0.4, -0.2) is 16.6 Å². The van der Waals surface area contributed by atoms with Gasteiger partial charge in [-0.25, -0.2) is 0 Å². The molecule has 25 heavy (non-hydrogen) atoms. The van der Waals surface area contributed by atoms with Crippen molar-refractivity contribution in [1.29, 1.82) is 0 Å². The molecule has 0 aromatic heterocycles. The summed E-state index contributed by atoms with van der Waals surface area (Å²) in [6.45, 7) is 9.57. The van der Waals surface area contributed by atoms with Crippen LogP contribution in [0.15, 0.2) is 60.7 Å². The summed E-state index contributed by atoms with van der Waals surface area (Å²) >= 11 is 0. The number of rotatable bonds is 4. The van der Waals surface area contributed by atoms with Crippen molar-refractivity contribution in [2.24, 2.45) is 0 Å². The Labute approximate surface area is 153 Å². The van der Waals surface area contributed by atoms with E-state index in [1.165, 1.54) is 22.3 Å². The summed E-state index contributed by atoms with van der Waals surface area (Å²) in [6.07, 6.45) is 9.30. The van der Waals surface area contributed by atoms with Gasteiger partial charge in [-0.3, -0.25) is 0 Å². The van der Waals surface area contributed by atoms with E-state index in [2.05, 4.69) is 99.0 Å². The van der Waals surface area contributed by atoms with Gasteiger partial charge in [0.05, 0.1) is 0 Å². The summed E-state index contributed by atoms with van der Waals surface area (Å²) < 4.78 is 7.08. The van der Waals surface area contributed by atoms with E-state index in [9.17, 15) is 0 Å². The molecule has 2 aromatic rings. The van der Waals surface area contributed by atoms with E-state index in [0.29, 0.717) is 11.1 Å². The fraction of sp³-hybridized carbons (Fsp3) is 0.273. The summed E-state index contributed by atoms with van der Waals surface area (Å²) in [5, 5.41) is 0. The topological polar surface area (TPSA) is 9.23 Å². The van der Waals surface area contributed by atoms with Crippen LogP contribution in [0.2, 0.25) is 26.2 Å². The van der Waals surface area contributed by atoms with Gasteiger partial charge in [-0.15, -0.1) is 0 Å². The molecule has 0 unspecified atom stereocenters. The van der Waals surface area contributed by atoms with E-state index in [0.717, 1.165) is 0 Å². The first-order valence-electron chi connectivity index (χ1n) is 9.13. The molecular weight excluding hydrogens is 336 g/mol. The molecule has 0 radical (unpaired) electrons. The maximum Gasteiger partial charge on any atom is 0.184 e. The predicted molar refractivity (Wildman–Crippen MR) is 112 cm³/mol. The molecule has 0 bridgehead atoms. The third kappa shape index (κ3) is 2.90. The van der Waals surface area contributed by atoms with Gasteiger partial charge in [-0.05, 0) is 48.4 Å². The Morgan fingerprint density at radius 3 is 1.48 bits per heavy atom. The first-order valence-corrected chi connectivity index (χ1v) is 15.1. The Balaban J connectivity index is 1.61. The second-order valence-corrected chi connectivity index (χ2v) is 16.7. The molecule has 0 saturated heterocycles. The van der Waals surface area contributed by atoms with Crippen LogP contribution >= 0.6 is 0 Å². The smallest absolute Gasteiger partial charge is 0.184 e. The summed E-state index contributed by atoms with van der Waals surface area (Å²) in [5.41, 5.74) is 6.54. The van der Waals surface area contributed by atoms with Crippen LogP contribution < -0.4 is 0 Å². The lowest BCUT2D eigenvalue weighted by Crippen LogP contribution is -2.50. The lowest BCUT2D eigenvalue weighted by Gasteiger charge is -2.40. The predicted octanol–water partition coefficient (Wildman–Crippen LogP) is 6.11. The molecule has 3 heteroatoms. The van der Waals surface area contributed by atoms with Gasteiger partial charge in [0.2, 0.25) is 0 Å². The maximum atomic E-state index is 7.08. The van der Waals surface area contributed by atoms with Crippen LogP contribution in [0.3, 0.4) is 0 Å². The highest BCUT2D eigenvalue weighted by atomic mass is 28.4. The van der Waals surface area contributed by atoms with Crippen LogP contribution in [0.25, 0.3) is 12.2 Å². The highest BCUT2D eigenvalue weighted by molar-refractivity contribution is 6.86. The van der Waals surface area contributed by atoms with E-state index in [-0.39, 0.29) is 0 Å². The summed E-state index contributed by atoms with van der Waals surface area (Å²) in [7, 11) is -3.81. The quantitative estimate of drug-likeness (QED) is 0.596. The fourth-order valence-electron chi connectivity index (χ4n) is 4.52. The SMILES string of the molecule is C[Si](C)(O[Si](C)(C)[C@@H]1C=Cc2ccccc21)[C@@H]1C=Cc2ccccc21. The fourth-order valence-corrected chi connectivity index (χ4v) is 14.1. The van der Waals surface area contributed by atoms with E-state index in [1.807, 2.05) is 0 Å². The highest BCUT2D eigenvalue weighted by Gasteiger charge is 2.45. The Morgan fingerprint density at radius 1 is 0.640 bits per heavy atom. The van der Waals surface area contributed by atoms with Gasteiger partial charge >= 0.3 is 0 Å².